The van der Waals surface area contributed by atoms with Crippen molar-refractivity contribution in [3.05, 3.63) is 94.0 Å². The van der Waals surface area contributed by atoms with Crippen molar-refractivity contribution in [2.45, 2.75) is 13.5 Å². The Morgan fingerprint density at radius 2 is 1.86 bits per heavy atom. The molecule has 3 aromatic rings. The lowest BCUT2D eigenvalue weighted by atomic mass is 10.2. The van der Waals surface area contributed by atoms with Gasteiger partial charge in [-0.05, 0) is 60.5 Å². The van der Waals surface area contributed by atoms with Gasteiger partial charge in [0.1, 0.15) is 13.2 Å². The van der Waals surface area contributed by atoms with Crippen LogP contribution in [-0.2, 0) is 6.61 Å². The average Bonchev–Trinajstić information content (AvgIpc) is 2.87. The molecule has 0 radical (unpaired) electrons. The Morgan fingerprint density at radius 3 is 2.58 bits per heavy atom. The second kappa shape index (κ2) is 13.4. The van der Waals surface area contributed by atoms with Gasteiger partial charge in [-0.1, -0.05) is 48.0 Å². The minimum Gasteiger partial charge on any atom is -0.493 e. The van der Waals surface area contributed by atoms with E-state index in [9.17, 15) is 4.79 Å². The summed E-state index contributed by atoms with van der Waals surface area (Å²) in [6, 6.07) is 15.6. The summed E-state index contributed by atoms with van der Waals surface area (Å²) in [6.07, 6.45) is 3.09. The van der Waals surface area contributed by atoms with Gasteiger partial charge in [0.15, 0.2) is 23.0 Å². The van der Waals surface area contributed by atoms with E-state index in [0.717, 1.165) is 5.56 Å². The summed E-state index contributed by atoms with van der Waals surface area (Å²) in [5.74, 6) is 1.38. The molecule has 7 nitrogen and oxygen atoms in total. The van der Waals surface area contributed by atoms with E-state index in [1.807, 2.05) is 25.1 Å². The molecule has 0 aromatic heterocycles. The van der Waals surface area contributed by atoms with Crippen LogP contribution in [0.3, 0.4) is 0 Å². The number of nitrogens with zero attached hydrogens (tertiary/aromatic N) is 1. The molecule has 0 saturated carbocycles. The van der Waals surface area contributed by atoms with Crippen molar-refractivity contribution in [1.29, 1.82) is 0 Å². The molecule has 0 unspecified atom stereocenters. The van der Waals surface area contributed by atoms with E-state index in [1.54, 1.807) is 42.5 Å². The molecule has 0 spiro atoms. The minimum absolute atomic E-state index is 0.265. The minimum atomic E-state index is -0.415. The third-order valence-corrected chi connectivity index (χ3v) is 5.28. The number of carbonyl (C=O) groups excluding carboxylic acids is 1. The van der Waals surface area contributed by atoms with Crippen molar-refractivity contribution in [2.75, 3.05) is 20.3 Å². The van der Waals surface area contributed by atoms with Crippen molar-refractivity contribution >= 4 is 35.3 Å². The molecule has 0 heterocycles. The molecular weight excluding hydrogens is 503 g/mol. The third kappa shape index (κ3) is 7.41. The van der Waals surface area contributed by atoms with Crippen LogP contribution in [0.4, 0.5) is 0 Å². The molecule has 0 fully saturated rings. The number of hydrazone groups is 1. The molecule has 3 aromatic carbocycles. The number of benzene rings is 3. The molecule has 1 amide bonds. The first-order valence-corrected chi connectivity index (χ1v) is 11.8. The molecule has 9 heteroatoms. The van der Waals surface area contributed by atoms with E-state index < -0.39 is 5.91 Å². The number of hydrogen-bond donors (Lipinski definition) is 1. The van der Waals surface area contributed by atoms with Gasteiger partial charge in [0.25, 0.3) is 5.91 Å². The van der Waals surface area contributed by atoms with Crippen LogP contribution < -0.4 is 24.4 Å². The normalized spacial score (nSPS) is 10.7. The molecular formula is C27H26Cl2N2O5. The monoisotopic (exact) mass is 528 g/mol. The maximum atomic E-state index is 12.6. The predicted octanol–water partition coefficient (Wildman–Crippen LogP) is 6.31. The van der Waals surface area contributed by atoms with Crippen LogP contribution in [0.5, 0.6) is 23.0 Å². The van der Waals surface area contributed by atoms with Gasteiger partial charge >= 0.3 is 0 Å². The van der Waals surface area contributed by atoms with Crippen molar-refractivity contribution in [1.82, 2.24) is 5.43 Å². The summed E-state index contributed by atoms with van der Waals surface area (Å²) < 4.78 is 22.4. The average molecular weight is 529 g/mol. The van der Waals surface area contributed by atoms with E-state index in [4.69, 9.17) is 42.1 Å². The van der Waals surface area contributed by atoms with Crippen molar-refractivity contribution in [2.24, 2.45) is 5.10 Å². The zero-order valence-corrected chi connectivity index (χ0v) is 21.4. The predicted molar refractivity (Wildman–Crippen MR) is 142 cm³/mol. The largest absolute Gasteiger partial charge is 0.493 e. The Morgan fingerprint density at radius 1 is 1.03 bits per heavy atom. The zero-order valence-electron chi connectivity index (χ0n) is 19.9. The second-order valence-corrected chi connectivity index (χ2v) is 8.19. The van der Waals surface area contributed by atoms with Crippen LogP contribution in [-0.4, -0.2) is 32.4 Å². The summed E-state index contributed by atoms with van der Waals surface area (Å²) in [5.41, 5.74) is 4.35. The quantitative estimate of drug-likeness (QED) is 0.169. The van der Waals surface area contributed by atoms with Crippen LogP contribution >= 0.6 is 23.2 Å². The summed E-state index contributed by atoms with van der Waals surface area (Å²) >= 11 is 12.5. The lowest BCUT2D eigenvalue weighted by Gasteiger charge is -2.13. The van der Waals surface area contributed by atoms with E-state index >= 15 is 0 Å². The maximum absolute atomic E-state index is 12.6. The van der Waals surface area contributed by atoms with Gasteiger partial charge in [0.2, 0.25) is 0 Å². The van der Waals surface area contributed by atoms with Gasteiger partial charge in [-0.2, -0.15) is 5.10 Å². The fraction of sp³-hybridized carbons (Fsp3) is 0.185. The van der Waals surface area contributed by atoms with Gasteiger partial charge in [-0.25, -0.2) is 5.43 Å². The summed E-state index contributed by atoms with van der Waals surface area (Å²) in [6.45, 7) is 6.49. The standard InChI is InChI=1S/C27H26Cl2N2O5/c1-4-11-35-23-10-9-20(15-24(23)34-5-2)27(32)31-30-16-19-13-22(29)26(25(14-19)33-3)36-17-18-7-6-8-21(28)12-18/h4,6-10,12-16H,1,5,11,17H2,2-3H3,(H,31,32)/b30-16+. The zero-order chi connectivity index (χ0) is 25.9. The molecule has 0 aliphatic heterocycles. The highest BCUT2D eigenvalue weighted by Gasteiger charge is 2.13. The Bertz CT molecular complexity index is 1250. The highest BCUT2D eigenvalue weighted by molar-refractivity contribution is 6.32. The third-order valence-electron chi connectivity index (χ3n) is 4.77. The smallest absolute Gasteiger partial charge is 0.271 e. The van der Waals surface area contributed by atoms with Gasteiger partial charge in [-0.15, -0.1) is 0 Å². The van der Waals surface area contributed by atoms with Crippen LogP contribution in [0, 0.1) is 0 Å². The Labute approximate surface area is 220 Å². The molecule has 36 heavy (non-hydrogen) atoms. The highest BCUT2D eigenvalue weighted by Crippen LogP contribution is 2.36. The molecule has 1 N–H and O–H groups in total. The number of ether oxygens (including phenoxy) is 4. The number of methoxy groups -OCH3 is 1. The summed E-state index contributed by atoms with van der Waals surface area (Å²) in [7, 11) is 1.51. The molecule has 3 rings (SSSR count). The van der Waals surface area contributed by atoms with E-state index in [1.165, 1.54) is 13.3 Å². The van der Waals surface area contributed by atoms with Crippen molar-refractivity contribution < 1.29 is 23.7 Å². The fourth-order valence-electron chi connectivity index (χ4n) is 3.15. The van der Waals surface area contributed by atoms with E-state index in [2.05, 4.69) is 17.1 Å². The first-order valence-electron chi connectivity index (χ1n) is 11.0. The van der Waals surface area contributed by atoms with Crippen molar-refractivity contribution in [3.8, 4) is 23.0 Å². The van der Waals surface area contributed by atoms with Crippen LogP contribution in [0.15, 0.2) is 72.4 Å². The number of amides is 1. The number of halogens is 2. The Kier molecular flexibility index (Phi) is 10.0. The van der Waals surface area contributed by atoms with Gasteiger partial charge in [-0.3, -0.25) is 4.79 Å². The summed E-state index contributed by atoms with van der Waals surface area (Å²) in [4.78, 5) is 12.6. The first-order chi connectivity index (χ1) is 17.4. The Hall–Kier alpha value is -3.68. The Balaban J connectivity index is 1.68. The number of rotatable bonds is 12. The molecule has 0 saturated heterocycles. The van der Waals surface area contributed by atoms with Gasteiger partial charge in [0, 0.05) is 10.6 Å². The van der Waals surface area contributed by atoms with E-state index in [0.29, 0.717) is 57.4 Å². The second-order valence-electron chi connectivity index (χ2n) is 7.35. The number of carbonyl (C=O) groups is 1. The van der Waals surface area contributed by atoms with Crippen LogP contribution in [0.1, 0.15) is 28.4 Å². The fourth-order valence-corrected chi connectivity index (χ4v) is 3.64. The molecule has 0 bridgehead atoms. The molecule has 0 atom stereocenters. The SMILES string of the molecule is C=CCOc1ccc(C(=O)N/N=C/c2cc(Cl)c(OCc3cccc(Cl)c3)c(OC)c2)cc1OCC. The molecule has 0 aliphatic rings. The lowest BCUT2D eigenvalue weighted by Crippen LogP contribution is -2.17. The topological polar surface area (TPSA) is 78.4 Å². The van der Waals surface area contributed by atoms with Crippen LogP contribution in [0.25, 0.3) is 0 Å². The number of nitrogens with one attached hydrogen (secondary N) is 1. The van der Waals surface area contributed by atoms with Crippen LogP contribution in [0.2, 0.25) is 10.0 Å². The summed E-state index contributed by atoms with van der Waals surface area (Å²) in [5, 5.41) is 4.99. The van der Waals surface area contributed by atoms with Crippen molar-refractivity contribution in [3.63, 3.8) is 0 Å². The maximum Gasteiger partial charge on any atom is 0.271 e. The highest BCUT2D eigenvalue weighted by atomic mass is 35.5. The lowest BCUT2D eigenvalue weighted by molar-refractivity contribution is 0.0954. The number of hydrogen-bond acceptors (Lipinski definition) is 6. The molecule has 188 valence electrons. The van der Waals surface area contributed by atoms with Gasteiger partial charge < -0.3 is 18.9 Å². The van der Waals surface area contributed by atoms with E-state index in [-0.39, 0.29) is 6.61 Å². The first kappa shape index (κ1) is 26.9. The van der Waals surface area contributed by atoms with Gasteiger partial charge in [0.05, 0.1) is 25.0 Å². The molecule has 0 aliphatic carbocycles.